The third kappa shape index (κ3) is 2.76. The monoisotopic (exact) mass is 284 g/mol. The molecule has 1 unspecified atom stereocenters. The lowest BCUT2D eigenvalue weighted by Crippen LogP contribution is -2.24. The molecule has 0 radical (unpaired) electrons. The van der Waals surface area contributed by atoms with Crippen LogP contribution in [0.2, 0.25) is 0 Å². The Labute approximate surface area is 121 Å². The average molecular weight is 284 g/mol. The smallest absolute Gasteiger partial charge is 0.252 e. The number of benzene rings is 2. The summed E-state index contributed by atoms with van der Waals surface area (Å²) >= 11 is 0. The Morgan fingerprint density at radius 2 is 1.86 bits per heavy atom. The number of nitrogens with one attached hydrogen (secondary N) is 2. The van der Waals surface area contributed by atoms with Crippen molar-refractivity contribution >= 4 is 17.5 Å². The van der Waals surface area contributed by atoms with Crippen LogP contribution in [0.1, 0.15) is 28.4 Å². The number of carbonyl (C=O) groups excluding carboxylic acids is 2. The number of hydrogen-bond donors (Lipinski definition) is 2. The zero-order chi connectivity index (χ0) is 14.8. The molecule has 2 amide bonds. The second-order valence-electron chi connectivity index (χ2n) is 4.87. The zero-order valence-electron chi connectivity index (χ0n) is 11.1. The summed E-state index contributed by atoms with van der Waals surface area (Å²) < 4.78 is 12.8. The van der Waals surface area contributed by atoms with Crippen molar-refractivity contribution in [1.29, 1.82) is 0 Å². The Morgan fingerprint density at radius 3 is 2.62 bits per heavy atom. The van der Waals surface area contributed by atoms with Crippen molar-refractivity contribution in [3.63, 3.8) is 0 Å². The van der Waals surface area contributed by atoms with Crippen LogP contribution in [0, 0.1) is 5.82 Å². The molecule has 1 heterocycles. The molecular weight excluding hydrogens is 271 g/mol. The summed E-state index contributed by atoms with van der Waals surface area (Å²) in [5.74, 6) is -0.751. The fraction of sp³-hybridized carbons (Fsp3) is 0.125. The van der Waals surface area contributed by atoms with Gasteiger partial charge in [-0.05, 0) is 35.9 Å². The summed E-state index contributed by atoms with van der Waals surface area (Å²) in [5, 5.41) is 5.47. The fourth-order valence-electron chi connectivity index (χ4n) is 2.41. The fourth-order valence-corrected chi connectivity index (χ4v) is 2.41. The van der Waals surface area contributed by atoms with Crippen molar-refractivity contribution < 1.29 is 14.0 Å². The van der Waals surface area contributed by atoms with Crippen LogP contribution in [0.25, 0.3) is 0 Å². The molecule has 106 valence electrons. The molecule has 0 bridgehead atoms. The number of anilines is 1. The van der Waals surface area contributed by atoms with Crippen LogP contribution in [0.15, 0.2) is 48.5 Å². The predicted octanol–water partition coefficient (Wildman–Crippen LogP) is 2.64. The van der Waals surface area contributed by atoms with Crippen LogP contribution in [-0.4, -0.2) is 11.8 Å². The first-order valence-electron chi connectivity index (χ1n) is 6.59. The molecule has 1 aliphatic rings. The van der Waals surface area contributed by atoms with Gasteiger partial charge in [-0.1, -0.05) is 18.2 Å². The van der Waals surface area contributed by atoms with E-state index in [1.165, 1.54) is 24.3 Å². The molecular formula is C16H13FN2O2. The van der Waals surface area contributed by atoms with Gasteiger partial charge in [0.2, 0.25) is 5.91 Å². The second-order valence-corrected chi connectivity index (χ2v) is 4.87. The van der Waals surface area contributed by atoms with Crippen molar-refractivity contribution in [3.05, 3.63) is 65.5 Å². The molecule has 0 fully saturated rings. The maximum absolute atomic E-state index is 12.8. The minimum Gasteiger partial charge on any atom is -0.345 e. The number of amides is 2. The SMILES string of the molecule is O=C(CC1NC(=O)c2ccccc21)Nc1ccc(F)cc1. The third-order valence-corrected chi connectivity index (χ3v) is 3.40. The minimum atomic E-state index is -0.356. The average Bonchev–Trinajstić information content (AvgIpc) is 2.78. The molecule has 2 aromatic rings. The van der Waals surface area contributed by atoms with E-state index < -0.39 is 0 Å². The molecule has 1 atom stereocenters. The highest BCUT2D eigenvalue weighted by Gasteiger charge is 2.29. The van der Waals surface area contributed by atoms with E-state index in [0.717, 1.165) is 5.56 Å². The van der Waals surface area contributed by atoms with Gasteiger partial charge < -0.3 is 10.6 Å². The third-order valence-electron chi connectivity index (χ3n) is 3.40. The topological polar surface area (TPSA) is 58.2 Å². The van der Waals surface area contributed by atoms with Crippen LogP contribution in [0.4, 0.5) is 10.1 Å². The Kier molecular flexibility index (Phi) is 3.39. The Bertz CT molecular complexity index is 698. The van der Waals surface area contributed by atoms with Crippen molar-refractivity contribution in [2.24, 2.45) is 0 Å². The first kappa shape index (κ1) is 13.3. The Morgan fingerprint density at radius 1 is 1.14 bits per heavy atom. The van der Waals surface area contributed by atoms with E-state index in [4.69, 9.17) is 0 Å². The lowest BCUT2D eigenvalue weighted by atomic mass is 10.0. The molecule has 2 aromatic carbocycles. The van der Waals surface area contributed by atoms with E-state index in [0.29, 0.717) is 11.3 Å². The number of hydrogen-bond acceptors (Lipinski definition) is 2. The highest BCUT2D eigenvalue weighted by Crippen LogP contribution is 2.27. The molecule has 0 aromatic heterocycles. The van der Waals surface area contributed by atoms with E-state index in [2.05, 4.69) is 10.6 Å². The molecule has 0 saturated heterocycles. The zero-order valence-corrected chi connectivity index (χ0v) is 11.1. The van der Waals surface area contributed by atoms with Gasteiger partial charge in [-0.3, -0.25) is 9.59 Å². The highest BCUT2D eigenvalue weighted by atomic mass is 19.1. The Balaban J connectivity index is 1.69. The van der Waals surface area contributed by atoms with Crippen molar-refractivity contribution in [2.75, 3.05) is 5.32 Å². The van der Waals surface area contributed by atoms with Gasteiger partial charge in [0, 0.05) is 11.3 Å². The summed E-state index contributed by atoms with van der Waals surface area (Å²) in [7, 11) is 0. The molecule has 0 aliphatic carbocycles. The van der Waals surface area contributed by atoms with E-state index in [-0.39, 0.29) is 30.1 Å². The summed E-state index contributed by atoms with van der Waals surface area (Å²) in [5.41, 5.74) is 1.97. The summed E-state index contributed by atoms with van der Waals surface area (Å²) in [4.78, 5) is 23.8. The predicted molar refractivity (Wildman–Crippen MR) is 76.3 cm³/mol. The van der Waals surface area contributed by atoms with Crippen LogP contribution in [0.5, 0.6) is 0 Å². The van der Waals surface area contributed by atoms with Gasteiger partial charge in [-0.25, -0.2) is 4.39 Å². The molecule has 2 N–H and O–H groups in total. The van der Waals surface area contributed by atoms with Crippen LogP contribution in [0.3, 0.4) is 0 Å². The first-order chi connectivity index (χ1) is 10.1. The number of rotatable bonds is 3. The quantitative estimate of drug-likeness (QED) is 0.910. The van der Waals surface area contributed by atoms with E-state index >= 15 is 0 Å². The van der Waals surface area contributed by atoms with Gasteiger partial charge >= 0.3 is 0 Å². The van der Waals surface area contributed by atoms with E-state index in [9.17, 15) is 14.0 Å². The van der Waals surface area contributed by atoms with Crippen molar-refractivity contribution in [1.82, 2.24) is 5.32 Å². The minimum absolute atomic E-state index is 0.139. The summed E-state index contributed by atoms with van der Waals surface area (Å²) in [6.45, 7) is 0. The van der Waals surface area contributed by atoms with E-state index in [1.54, 1.807) is 12.1 Å². The van der Waals surface area contributed by atoms with Crippen LogP contribution < -0.4 is 10.6 Å². The highest BCUT2D eigenvalue weighted by molar-refractivity contribution is 6.00. The lowest BCUT2D eigenvalue weighted by Gasteiger charge is -2.12. The molecule has 5 heteroatoms. The number of fused-ring (bicyclic) bond motifs is 1. The first-order valence-corrected chi connectivity index (χ1v) is 6.59. The molecule has 0 spiro atoms. The molecule has 0 saturated carbocycles. The van der Waals surface area contributed by atoms with Gasteiger partial charge in [-0.15, -0.1) is 0 Å². The van der Waals surface area contributed by atoms with Gasteiger partial charge in [0.15, 0.2) is 0 Å². The molecule has 3 rings (SSSR count). The molecule has 4 nitrogen and oxygen atoms in total. The number of halogens is 1. The van der Waals surface area contributed by atoms with Crippen molar-refractivity contribution in [2.45, 2.75) is 12.5 Å². The Hall–Kier alpha value is -2.69. The normalized spacial score (nSPS) is 16.2. The second kappa shape index (κ2) is 5.36. The van der Waals surface area contributed by atoms with E-state index in [1.807, 2.05) is 12.1 Å². The van der Waals surface area contributed by atoms with Gasteiger partial charge in [-0.2, -0.15) is 0 Å². The largest absolute Gasteiger partial charge is 0.345 e. The lowest BCUT2D eigenvalue weighted by molar-refractivity contribution is -0.116. The summed E-state index contributed by atoms with van der Waals surface area (Å²) in [6.07, 6.45) is 0.139. The number of carbonyl (C=O) groups is 2. The van der Waals surface area contributed by atoms with Gasteiger partial charge in [0.25, 0.3) is 5.91 Å². The van der Waals surface area contributed by atoms with Crippen molar-refractivity contribution in [3.8, 4) is 0 Å². The maximum atomic E-state index is 12.8. The molecule has 21 heavy (non-hydrogen) atoms. The van der Waals surface area contributed by atoms with Gasteiger partial charge in [0.1, 0.15) is 5.82 Å². The van der Waals surface area contributed by atoms with Gasteiger partial charge in [0.05, 0.1) is 12.5 Å². The standard InChI is InChI=1S/C16H13FN2O2/c17-10-5-7-11(8-6-10)18-15(20)9-14-12-3-1-2-4-13(12)16(21)19-14/h1-8,14H,9H2,(H,18,20)(H,19,21). The summed E-state index contributed by atoms with van der Waals surface area (Å²) in [6, 6.07) is 12.4. The molecule has 1 aliphatic heterocycles. The van der Waals surface area contributed by atoms with Crippen LogP contribution in [-0.2, 0) is 4.79 Å². The maximum Gasteiger partial charge on any atom is 0.252 e. The van der Waals surface area contributed by atoms with Crippen LogP contribution >= 0.6 is 0 Å².